The zero-order valence-corrected chi connectivity index (χ0v) is 19.5. The lowest BCUT2D eigenvalue weighted by Crippen LogP contribution is -2.45. The van der Waals surface area contributed by atoms with E-state index in [9.17, 15) is 5.11 Å². The van der Waals surface area contributed by atoms with Crippen LogP contribution in [0.4, 0.5) is 5.69 Å². The number of hydrogen-bond acceptors (Lipinski definition) is 4. The Morgan fingerprint density at radius 3 is 2.43 bits per heavy atom. The van der Waals surface area contributed by atoms with Crippen LogP contribution in [0.5, 0.6) is 5.75 Å². The van der Waals surface area contributed by atoms with Gasteiger partial charge in [-0.3, -0.25) is 0 Å². The molecule has 2 aliphatic rings. The first-order valence-corrected chi connectivity index (χ1v) is 11.9. The Morgan fingerprint density at radius 2 is 1.82 bits per heavy atom. The van der Waals surface area contributed by atoms with Gasteiger partial charge in [0.05, 0.1) is 14.8 Å². The highest BCUT2D eigenvalue weighted by molar-refractivity contribution is 14.1. The second-order valence-corrected chi connectivity index (χ2v) is 9.28. The minimum Gasteiger partial charge on any atom is -0.506 e. The van der Waals surface area contributed by atoms with Crippen molar-refractivity contribution in [2.45, 2.75) is 70.4 Å². The fraction of sp³-hybridized carbons (Fsp3) is 0.652. The Kier molecular flexibility index (Phi) is 7.52. The van der Waals surface area contributed by atoms with Crippen molar-refractivity contribution in [3.8, 4) is 17.6 Å². The first-order valence-electron chi connectivity index (χ1n) is 10.8. The number of benzene rings is 1. The quantitative estimate of drug-likeness (QED) is 0.483. The van der Waals surface area contributed by atoms with E-state index in [2.05, 4.69) is 58.1 Å². The van der Waals surface area contributed by atoms with Crippen molar-refractivity contribution in [3.63, 3.8) is 0 Å². The molecule has 0 amide bonds. The third-order valence-corrected chi connectivity index (χ3v) is 7.49. The highest BCUT2D eigenvalue weighted by Crippen LogP contribution is 2.37. The zero-order valence-electron chi connectivity index (χ0n) is 17.3. The Hall–Kier alpha value is -0.970. The number of phenolic OH excluding ortho intramolecular Hbond substituents is 1. The second kappa shape index (κ2) is 9.69. The molecule has 1 aliphatic heterocycles. The number of nitrogens with two attached hydrogens (primary N) is 1. The van der Waals surface area contributed by atoms with Gasteiger partial charge >= 0.3 is 0 Å². The SMILES string of the molecule is CCN(CC)C1CCN(c2c(O)ccc(C#CC3(N)CCCCC3)c2I)CC1. The van der Waals surface area contributed by atoms with Crippen molar-refractivity contribution >= 4 is 28.3 Å². The number of nitrogens with zero attached hydrogens (tertiary/aromatic N) is 2. The molecule has 1 heterocycles. The molecule has 0 radical (unpaired) electrons. The normalized spacial score (nSPS) is 20.1. The molecular weight excluding hydrogens is 461 g/mol. The molecule has 0 aromatic heterocycles. The lowest BCUT2D eigenvalue weighted by molar-refractivity contribution is 0.186. The highest BCUT2D eigenvalue weighted by Gasteiger charge is 2.27. The lowest BCUT2D eigenvalue weighted by Gasteiger charge is -2.39. The van der Waals surface area contributed by atoms with Gasteiger partial charge in [0.25, 0.3) is 0 Å². The third-order valence-electron chi connectivity index (χ3n) is 6.40. The van der Waals surface area contributed by atoms with Crippen molar-refractivity contribution < 1.29 is 5.11 Å². The van der Waals surface area contributed by atoms with Gasteiger partial charge < -0.3 is 20.6 Å². The molecule has 5 heteroatoms. The topological polar surface area (TPSA) is 52.7 Å². The molecule has 1 aliphatic carbocycles. The zero-order chi connectivity index (χ0) is 20.1. The van der Waals surface area contributed by atoms with Gasteiger partial charge in [0.1, 0.15) is 5.75 Å². The number of piperidine rings is 1. The van der Waals surface area contributed by atoms with Gasteiger partial charge in [-0.1, -0.05) is 45.0 Å². The fourth-order valence-electron chi connectivity index (χ4n) is 4.65. The van der Waals surface area contributed by atoms with Crippen LogP contribution < -0.4 is 10.6 Å². The summed E-state index contributed by atoms with van der Waals surface area (Å²) in [5.41, 5.74) is 8.08. The van der Waals surface area contributed by atoms with E-state index in [0.29, 0.717) is 11.8 Å². The first-order chi connectivity index (χ1) is 13.5. The summed E-state index contributed by atoms with van der Waals surface area (Å²) < 4.78 is 1.05. The van der Waals surface area contributed by atoms with Crippen LogP contribution in [-0.4, -0.2) is 47.8 Å². The van der Waals surface area contributed by atoms with Gasteiger partial charge in [0, 0.05) is 24.7 Å². The average Bonchev–Trinajstić information content (AvgIpc) is 2.70. The van der Waals surface area contributed by atoms with E-state index >= 15 is 0 Å². The minimum absolute atomic E-state index is 0.346. The summed E-state index contributed by atoms with van der Waals surface area (Å²) in [5, 5.41) is 10.6. The number of rotatable bonds is 4. The summed E-state index contributed by atoms with van der Waals surface area (Å²) in [4.78, 5) is 4.88. The van der Waals surface area contributed by atoms with Crippen LogP contribution in [0.3, 0.4) is 0 Å². The number of hydrogen-bond donors (Lipinski definition) is 2. The van der Waals surface area contributed by atoms with Crippen LogP contribution in [0.25, 0.3) is 0 Å². The van der Waals surface area contributed by atoms with Gasteiger partial charge in [0.15, 0.2) is 0 Å². The first kappa shape index (κ1) is 21.7. The molecule has 0 unspecified atom stereocenters. The minimum atomic E-state index is -0.346. The summed E-state index contributed by atoms with van der Waals surface area (Å²) in [7, 11) is 0. The predicted molar refractivity (Wildman–Crippen MR) is 126 cm³/mol. The van der Waals surface area contributed by atoms with E-state index in [4.69, 9.17) is 5.73 Å². The molecule has 3 rings (SSSR count). The van der Waals surface area contributed by atoms with Crippen molar-refractivity contribution in [1.82, 2.24) is 4.90 Å². The smallest absolute Gasteiger partial charge is 0.140 e. The Labute approximate surface area is 184 Å². The predicted octanol–water partition coefficient (Wildman–Crippen LogP) is 4.32. The van der Waals surface area contributed by atoms with Gasteiger partial charge in [-0.25, -0.2) is 0 Å². The summed E-state index contributed by atoms with van der Waals surface area (Å²) in [6.45, 7) is 8.64. The molecular formula is C23H34IN3O. The molecule has 28 heavy (non-hydrogen) atoms. The Bertz CT molecular complexity index is 721. The van der Waals surface area contributed by atoms with E-state index in [1.165, 1.54) is 19.3 Å². The maximum atomic E-state index is 10.6. The van der Waals surface area contributed by atoms with E-state index in [-0.39, 0.29) is 5.54 Å². The molecule has 3 N–H and O–H groups in total. The van der Waals surface area contributed by atoms with Gasteiger partial charge in [0.2, 0.25) is 0 Å². The Balaban J connectivity index is 1.77. The van der Waals surface area contributed by atoms with Gasteiger partial charge in [-0.2, -0.15) is 0 Å². The van der Waals surface area contributed by atoms with Crippen LogP contribution in [0.1, 0.15) is 64.4 Å². The van der Waals surface area contributed by atoms with Crippen LogP contribution in [-0.2, 0) is 0 Å². The lowest BCUT2D eigenvalue weighted by atomic mass is 9.83. The monoisotopic (exact) mass is 495 g/mol. The maximum absolute atomic E-state index is 10.6. The van der Waals surface area contributed by atoms with Crippen LogP contribution >= 0.6 is 22.6 Å². The third kappa shape index (κ3) is 4.95. The molecule has 1 saturated heterocycles. The molecule has 1 aromatic rings. The molecule has 4 nitrogen and oxygen atoms in total. The molecule has 1 saturated carbocycles. The molecule has 2 fully saturated rings. The molecule has 1 aromatic carbocycles. The molecule has 154 valence electrons. The summed E-state index contributed by atoms with van der Waals surface area (Å²) in [5.74, 6) is 7.06. The van der Waals surface area contributed by atoms with Crippen LogP contribution in [0, 0.1) is 15.4 Å². The fourth-order valence-corrected chi connectivity index (χ4v) is 5.58. The van der Waals surface area contributed by atoms with Crippen LogP contribution in [0.2, 0.25) is 0 Å². The average molecular weight is 495 g/mol. The van der Waals surface area contributed by atoms with Gasteiger partial charge in [-0.15, -0.1) is 0 Å². The van der Waals surface area contributed by atoms with Gasteiger partial charge in [-0.05, 0) is 73.5 Å². The van der Waals surface area contributed by atoms with E-state index in [1.54, 1.807) is 6.07 Å². The number of phenols is 1. The summed E-state index contributed by atoms with van der Waals surface area (Å²) in [6.07, 6.45) is 7.86. The number of anilines is 1. The van der Waals surface area contributed by atoms with Crippen molar-refractivity contribution in [3.05, 3.63) is 21.3 Å². The molecule has 0 atom stereocenters. The highest BCUT2D eigenvalue weighted by atomic mass is 127. The largest absolute Gasteiger partial charge is 0.506 e. The molecule has 0 bridgehead atoms. The number of halogens is 1. The van der Waals surface area contributed by atoms with E-state index in [0.717, 1.165) is 66.7 Å². The standard InChI is InChI=1S/C23H34IN3O/c1-3-26(4-2)19-11-16-27(17-12-19)22-20(28)9-8-18(21(22)24)10-15-23(25)13-6-5-7-14-23/h8-9,19,28H,3-7,11-14,16-17,25H2,1-2H3. The maximum Gasteiger partial charge on any atom is 0.140 e. The van der Waals surface area contributed by atoms with Crippen LogP contribution in [0.15, 0.2) is 12.1 Å². The molecule has 0 spiro atoms. The number of aromatic hydroxyl groups is 1. The van der Waals surface area contributed by atoms with E-state index in [1.807, 2.05) is 6.07 Å². The van der Waals surface area contributed by atoms with Crippen molar-refractivity contribution in [1.29, 1.82) is 0 Å². The van der Waals surface area contributed by atoms with Crippen molar-refractivity contribution in [2.24, 2.45) is 5.73 Å². The summed E-state index contributed by atoms with van der Waals surface area (Å²) in [6, 6.07) is 4.38. The van der Waals surface area contributed by atoms with E-state index < -0.39 is 0 Å². The Morgan fingerprint density at radius 1 is 1.18 bits per heavy atom. The summed E-state index contributed by atoms with van der Waals surface area (Å²) >= 11 is 2.35. The second-order valence-electron chi connectivity index (χ2n) is 8.20. The van der Waals surface area contributed by atoms with Crippen molar-refractivity contribution in [2.75, 3.05) is 31.1 Å².